The zero-order valence-electron chi connectivity index (χ0n) is 16.4. The third kappa shape index (κ3) is 4.72. The maximum atomic E-state index is 13.3. The molecule has 1 unspecified atom stereocenters. The molecule has 0 saturated carbocycles. The summed E-state index contributed by atoms with van der Waals surface area (Å²) in [5, 5.41) is 11.9. The topological polar surface area (TPSA) is 75.5 Å². The molecule has 10 heteroatoms. The van der Waals surface area contributed by atoms with Crippen LogP contribution in [-0.4, -0.2) is 21.9 Å². The molecule has 5 N–H and O–H groups in total. The SMILES string of the molecule is CCC(O)(/C(N)=C/N(N)Cc1ccc2c(-c3ccc(F)cc3)c(Br)sc2c1)C(F)(F)F. The summed E-state index contributed by atoms with van der Waals surface area (Å²) in [5.41, 5.74) is 4.14. The minimum atomic E-state index is -4.91. The van der Waals surface area contributed by atoms with Crippen molar-refractivity contribution in [2.45, 2.75) is 31.7 Å². The number of hydrazine groups is 1. The molecule has 4 nitrogen and oxygen atoms in total. The van der Waals surface area contributed by atoms with Crippen molar-refractivity contribution in [2.75, 3.05) is 0 Å². The van der Waals surface area contributed by atoms with Gasteiger partial charge in [0.05, 0.1) is 16.0 Å². The third-order valence-electron chi connectivity index (χ3n) is 4.97. The van der Waals surface area contributed by atoms with E-state index in [1.165, 1.54) is 30.4 Å². The van der Waals surface area contributed by atoms with Gasteiger partial charge in [0.25, 0.3) is 0 Å². The Bertz CT molecular complexity index is 1110. The van der Waals surface area contributed by atoms with Gasteiger partial charge in [-0.3, -0.25) is 0 Å². The minimum absolute atomic E-state index is 0.0791. The molecule has 1 aromatic heterocycles. The van der Waals surface area contributed by atoms with Crippen molar-refractivity contribution in [3.8, 4) is 11.1 Å². The van der Waals surface area contributed by atoms with Gasteiger partial charge in [0.2, 0.25) is 5.60 Å². The summed E-state index contributed by atoms with van der Waals surface area (Å²) in [6, 6.07) is 11.7. The Labute approximate surface area is 188 Å². The van der Waals surface area contributed by atoms with E-state index in [1.54, 1.807) is 18.2 Å². The quantitative estimate of drug-likeness (QED) is 0.224. The van der Waals surface area contributed by atoms with E-state index in [9.17, 15) is 22.7 Å². The number of rotatable bonds is 6. The fourth-order valence-corrected chi connectivity index (χ4v) is 5.18. The zero-order chi connectivity index (χ0) is 23.0. The second-order valence-electron chi connectivity index (χ2n) is 7.06. The molecule has 0 aliphatic carbocycles. The van der Waals surface area contributed by atoms with Crippen molar-refractivity contribution in [1.82, 2.24) is 5.01 Å². The number of aliphatic hydroxyl groups is 1. The van der Waals surface area contributed by atoms with E-state index < -0.39 is 23.9 Å². The van der Waals surface area contributed by atoms with Crippen LogP contribution >= 0.6 is 27.3 Å². The van der Waals surface area contributed by atoms with Crippen LogP contribution in [0.1, 0.15) is 18.9 Å². The molecule has 0 amide bonds. The van der Waals surface area contributed by atoms with Gasteiger partial charge in [-0.15, -0.1) is 11.3 Å². The number of hydrogen-bond acceptors (Lipinski definition) is 5. The van der Waals surface area contributed by atoms with Crippen LogP contribution in [-0.2, 0) is 6.54 Å². The lowest BCUT2D eigenvalue weighted by Gasteiger charge is -2.30. The van der Waals surface area contributed by atoms with Gasteiger partial charge in [-0.05, 0) is 51.7 Å². The van der Waals surface area contributed by atoms with Crippen LogP contribution in [0, 0.1) is 5.82 Å². The highest BCUT2D eigenvalue weighted by Crippen LogP contribution is 2.42. The van der Waals surface area contributed by atoms with Gasteiger partial charge in [0.1, 0.15) is 5.82 Å². The molecule has 0 aliphatic heterocycles. The van der Waals surface area contributed by atoms with Crippen LogP contribution in [0.4, 0.5) is 17.6 Å². The van der Waals surface area contributed by atoms with E-state index in [-0.39, 0.29) is 12.4 Å². The van der Waals surface area contributed by atoms with Crippen molar-refractivity contribution in [1.29, 1.82) is 0 Å². The van der Waals surface area contributed by atoms with Gasteiger partial charge >= 0.3 is 6.18 Å². The number of nitrogens with two attached hydrogens (primary N) is 2. The van der Waals surface area contributed by atoms with Crippen LogP contribution in [0.5, 0.6) is 0 Å². The Morgan fingerprint density at radius 3 is 2.42 bits per heavy atom. The molecule has 166 valence electrons. The molecule has 1 heterocycles. The van der Waals surface area contributed by atoms with Crippen molar-refractivity contribution in [2.24, 2.45) is 11.6 Å². The van der Waals surface area contributed by atoms with Gasteiger partial charge in [-0.1, -0.05) is 31.2 Å². The van der Waals surface area contributed by atoms with Gasteiger partial charge < -0.3 is 15.8 Å². The first-order chi connectivity index (χ1) is 14.5. The van der Waals surface area contributed by atoms with E-state index in [0.717, 1.165) is 41.8 Å². The highest BCUT2D eigenvalue weighted by Gasteiger charge is 2.54. The molecular weight excluding hydrogens is 498 g/mol. The summed E-state index contributed by atoms with van der Waals surface area (Å²) in [5.74, 6) is 5.52. The Kier molecular flexibility index (Phi) is 6.66. The molecule has 0 saturated heterocycles. The molecule has 2 aromatic carbocycles. The first kappa shape index (κ1) is 23.5. The average molecular weight is 518 g/mol. The Morgan fingerprint density at radius 1 is 1.19 bits per heavy atom. The summed E-state index contributed by atoms with van der Waals surface area (Å²) < 4.78 is 54.5. The maximum absolute atomic E-state index is 13.3. The number of benzene rings is 2. The van der Waals surface area contributed by atoms with Gasteiger partial charge in [0, 0.05) is 21.8 Å². The monoisotopic (exact) mass is 517 g/mol. The highest BCUT2D eigenvalue weighted by molar-refractivity contribution is 9.11. The molecule has 0 aliphatic rings. The number of nitrogens with zero attached hydrogens (tertiary/aromatic N) is 1. The molecule has 3 aromatic rings. The Morgan fingerprint density at radius 2 is 1.84 bits per heavy atom. The molecule has 0 fully saturated rings. The predicted molar refractivity (Wildman–Crippen MR) is 118 cm³/mol. The molecular formula is C21H20BrF4N3OS. The fourth-order valence-electron chi connectivity index (χ4n) is 3.21. The van der Waals surface area contributed by atoms with E-state index in [0.29, 0.717) is 0 Å². The van der Waals surface area contributed by atoms with Crippen LogP contribution < -0.4 is 11.6 Å². The van der Waals surface area contributed by atoms with Crippen molar-refractivity contribution >= 4 is 37.4 Å². The lowest BCUT2D eigenvalue weighted by Crippen LogP contribution is -2.49. The number of halogens is 5. The lowest BCUT2D eigenvalue weighted by atomic mass is 9.96. The van der Waals surface area contributed by atoms with Crippen molar-refractivity contribution in [3.63, 3.8) is 0 Å². The number of hydrogen-bond donors (Lipinski definition) is 3. The van der Waals surface area contributed by atoms with Crippen molar-refractivity contribution in [3.05, 3.63) is 69.5 Å². The van der Waals surface area contributed by atoms with E-state index in [2.05, 4.69) is 15.9 Å². The lowest BCUT2D eigenvalue weighted by molar-refractivity contribution is -0.245. The first-order valence-corrected chi connectivity index (χ1v) is 10.8. The van der Waals surface area contributed by atoms with Gasteiger partial charge in [-0.25, -0.2) is 10.2 Å². The number of fused-ring (bicyclic) bond motifs is 1. The summed E-state index contributed by atoms with van der Waals surface area (Å²) >= 11 is 5.03. The van der Waals surface area contributed by atoms with Crippen LogP contribution in [0.25, 0.3) is 21.2 Å². The largest absolute Gasteiger partial charge is 0.422 e. The Balaban J connectivity index is 1.87. The summed E-state index contributed by atoms with van der Waals surface area (Å²) in [4.78, 5) is 0. The second-order valence-corrected chi connectivity index (χ2v) is 9.43. The molecule has 0 spiro atoms. The molecule has 1 atom stereocenters. The molecule has 31 heavy (non-hydrogen) atoms. The van der Waals surface area contributed by atoms with E-state index >= 15 is 0 Å². The summed E-state index contributed by atoms with van der Waals surface area (Å²) in [6.07, 6.45) is -4.65. The smallest absolute Gasteiger partial charge is 0.398 e. The van der Waals surface area contributed by atoms with Crippen LogP contribution in [0.15, 0.2) is 58.1 Å². The molecule has 3 rings (SSSR count). The standard InChI is InChI=1S/C21H20BrF4N3OS/c1-2-20(30,21(24,25)26)17(27)11-29(28)10-12-3-8-15-16(9-12)31-19(22)18(15)13-4-6-14(23)7-5-13/h3-9,11,30H,2,10,27-28H2,1H3/b17-11-. The van der Waals surface area contributed by atoms with E-state index in [4.69, 9.17) is 11.6 Å². The minimum Gasteiger partial charge on any atom is -0.398 e. The maximum Gasteiger partial charge on any atom is 0.422 e. The number of thiophene rings is 1. The summed E-state index contributed by atoms with van der Waals surface area (Å²) in [7, 11) is 0. The second kappa shape index (κ2) is 8.78. The normalized spacial score (nSPS) is 14.6. The van der Waals surface area contributed by atoms with Crippen molar-refractivity contribution < 1.29 is 22.7 Å². The van der Waals surface area contributed by atoms with Crippen LogP contribution in [0.2, 0.25) is 0 Å². The van der Waals surface area contributed by atoms with Crippen LogP contribution in [0.3, 0.4) is 0 Å². The zero-order valence-corrected chi connectivity index (χ0v) is 18.8. The van der Waals surface area contributed by atoms with E-state index in [1.807, 2.05) is 12.1 Å². The highest BCUT2D eigenvalue weighted by atomic mass is 79.9. The molecule has 0 bridgehead atoms. The predicted octanol–water partition coefficient (Wildman–Crippen LogP) is 5.65. The third-order valence-corrected chi connectivity index (χ3v) is 6.80. The summed E-state index contributed by atoms with van der Waals surface area (Å²) in [6.45, 7) is 1.27. The van der Waals surface area contributed by atoms with Gasteiger partial charge in [0.15, 0.2) is 0 Å². The van der Waals surface area contributed by atoms with Gasteiger partial charge in [-0.2, -0.15) is 13.2 Å². The fraction of sp³-hybridized carbons (Fsp3) is 0.238. The Hall–Kier alpha value is -2.14. The molecule has 0 radical (unpaired) electrons. The first-order valence-electron chi connectivity index (χ1n) is 9.21. The number of alkyl halides is 3. The average Bonchev–Trinajstić information content (AvgIpc) is 3.01.